The summed E-state index contributed by atoms with van der Waals surface area (Å²) < 4.78 is 6.79. The fraction of sp³-hybridized carbons (Fsp3) is 0.471. The summed E-state index contributed by atoms with van der Waals surface area (Å²) in [5, 5.41) is 4.05. The lowest BCUT2D eigenvalue weighted by atomic mass is 10.2. The van der Waals surface area contributed by atoms with Crippen LogP contribution in [0.3, 0.4) is 0 Å². The van der Waals surface area contributed by atoms with Gasteiger partial charge in [0.05, 0.1) is 7.11 Å². The summed E-state index contributed by atoms with van der Waals surface area (Å²) in [6.07, 6.45) is 3.04. The van der Waals surface area contributed by atoms with Crippen LogP contribution in [0.5, 0.6) is 5.75 Å². The summed E-state index contributed by atoms with van der Waals surface area (Å²) in [5.41, 5.74) is 1.26. The molecule has 0 N–H and O–H groups in total. The van der Waals surface area contributed by atoms with Crippen molar-refractivity contribution in [2.75, 3.05) is 33.3 Å². The predicted octanol–water partition coefficient (Wildman–Crippen LogP) is 1.19. The number of aromatic nitrogens is 3. The number of ether oxygens (including phenoxy) is 1. The molecule has 1 aromatic carbocycles. The molecule has 7 nitrogen and oxygen atoms in total. The van der Waals surface area contributed by atoms with Gasteiger partial charge in [0.2, 0.25) is 5.91 Å². The maximum Gasteiger partial charge on any atom is 0.247 e. The number of rotatable bonds is 5. The molecule has 0 radical (unpaired) electrons. The maximum atomic E-state index is 12.5. The van der Waals surface area contributed by atoms with Gasteiger partial charge in [-0.2, -0.15) is 5.10 Å². The Morgan fingerprint density at radius 2 is 1.92 bits per heavy atom. The number of piperazine rings is 1. The van der Waals surface area contributed by atoms with Gasteiger partial charge in [0, 0.05) is 32.7 Å². The summed E-state index contributed by atoms with van der Waals surface area (Å²) in [6, 6.07) is 7.83. The highest BCUT2D eigenvalue weighted by molar-refractivity contribution is 5.80. The van der Waals surface area contributed by atoms with Gasteiger partial charge in [-0.3, -0.25) is 9.69 Å². The molecule has 0 bridgehead atoms. The predicted molar refractivity (Wildman–Crippen MR) is 89.6 cm³/mol. The highest BCUT2D eigenvalue weighted by Crippen LogP contribution is 2.15. The largest absolute Gasteiger partial charge is 0.497 e. The zero-order chi connectivity index (χ0) is 16.9. The van der Waals surface area contributed by atoms with E-state index in [4.69, 9.17) is 4.74 Å². The summed E-state index contributed by atoms with van der Waals surface area (Å²) in [6.45, 7) is 6.00. The van der Waals surface area contributed by atoms with Crippen LogP contribution >= 0.6 is 0 Å². The van der Waals surface area contributed by atoms with E-state index in [0.717, 1.165) is 38.5 Å². The molecule has 1 fully saturated rings. The number of hydrogen-bond donors (Lipinski definition) is 0. The van der Waals surface area contributed by atoms with Crippen LogP contribution in [0.15, 0.2) is 36.9 Å². The second-order valence-electron chi connectivity index (χ2n) is 6.00. The molecule has 1 unspecified atom stereocenters. The quantitative estimate of drug-likeness (QED) is 0.824. The third-order valence-electron chi connectivity index (χ3n) is 4.44. The normalized spacial score (nSPS) is 16.8. The monoisotopic (exact) mass is 329 g/mol. The van der Waals surface area contributed by atoms with Crippen LogP contribution in [0, 0.1) is 0 Å². The van der Waals surface area contributed by atoms with Crippen molar-refractivity contribution in [3.05, 3.63) is 42.5 Å². The van der Waals surface area contributed by atoms with E-state index in [9.17, 15) is 4.79 Å². The number of hydrogen-bond acceptors (Lipinski definition) is 5. The molecule has 1 aromatic heterocycles. The van der Waals surface area contributed by atoms with Crippen LogP contribution in [0.4, 0.5) is 0 Å². The topological polar surface area (TPSA) is 63.5 Å². The van der Waals surface area contributed by atoms with Crippen molar-refractivity contribution in [2.45, 2.75) is 19.5 Å². The SMILES string of the molecule is COc1ccc(CN2CCN(C(=O)C(C)n3cncn3)CC2)cc1. The Labute approximate surface area is 141 Å². The van der Waals surface area contributed by atoms with Gasteiger partial charge in [-0.25, -0.2) is 9.67 Å². The van der Waals surface area contributed by atoms with E-state index in [1.807, 2.05) is 24.0 Å². The minimum Gasteiger partial charge on any atom is -0.497 e. The first-order valence-corrected chi connectivity index (χ1v) is 8.15. The number of amides is 1. The summed E-state index contributed by atoms with van der Waals surface area (Å²) in [4.78, 5) is 20.7. The third kappa shape index (κ3) is 3.73. The lowest BCUT2D eigenvalue weighted by molar-refractivity contribution is -0.136. The van der Waals surface area contributed by atoms with Crippen LogP contribution in [-0.2, 0) is 11.3 Å². The van der Waals surface area contributed by atoms with Gasteiger partial charge in [-0.1, -0.05) is 12.1 Å². The van der Waals surface area contributed by atoms with E-state index < -0.39 is 0 Å². The summed E-state index contributed by atoms with van der Waals surface area (Å²) >= 11 is 0. The Morgan fingerprint density at radius 1 is 1.21 bits per heavy atom. The number of nitrogens with zero attached hydrogens (tertiary/aromatic N) is 5. The molecule has 2 aromatic rings. The van der Waals surface area contributed by atoms with Crippen molar-refractivity contribution in [1.29, 1.82) is 0 Å². The molecule has 7 heteroatoms. The van der Waals surface area contributed by atoms with Crippen molar-refractivity contribution in [2.24, 2.45) is 0 Å². The second kappa shape index (κ2) is 7.44. The van der Waals surface area contributed by atoms with Crippen molar-refractivity contribution >= 4 is 5.91 Å². The van der Waals surface area contributed by atoms with E-state index in [-0.39, 0.29) is 11.9 Å². The van der Waals surface area contributed by atoms with Gasteiger partial charge in [-0.05, 0) is 24.6 Å². The Morgan fingerprint density at radius 3 is 2.50 bits per heavy atom. The number of carbonyl (C=O) groups excluding carboxylic acids is 1. The Hall–Kier alpha value is -2.41. The number of carbonyl (C=O) groups is 1. The smallest absolute Gasteiger partial charge is 0.247 e. The fourth-order valence-electron chi connectivity index (χ4n) is 2.91. The Balaban J connectivity index is 1.50. The van der Waals surface area contributed by atoms with Crippen molar-refractivity contribution in [3.8, 4) is 5.75 Å². The van der Waals surface area contributed by atoms with E-state index >= 15 is 0 Å². The molecular formula is C17H23N5O2. The number of methoxy groups -OCH3 is 1. The highest BCUT2D eigenvalue weighted by atomic mass is 16.5. The highest BCUT2D eigenvalue weighted by Gasteiger charge is 2.26. The fourth-order valence-corrected chi connectivity index (χ4v) is 2.91. The Bertz CT molecular complexity index is 648. The van der Waals surface area contributed by atoms with E-state index in [0.29, 0.717) is 0 Å². The van der Waals surface area contributed by atoms with Crippen molar-refractivity contribution in [3.63, 3.8) is 0 Å². The standard InChI is InChI=1S/C17H23N5O2/c1-14(22-13-18-12-19-22)17(23)21-9-7-20(8-10-21)11-15-3-5-16(24-2)6-4-15/h3-6,12-14H,7-11H2,1-2H3. The molecule has 1 amide bonds. The molecule has 1 atom stereocenters. The third-order valence-corrected chi connectivity index (χ3v) is 4.44. The molecule has 2 heterocycles. The average molecular weight is 329 g/mol. The minimum atomic E-state index is -0.305. The van der Waals surface area contributed by atoms with Gasteiger partial charge in [-0.15, -0.1) is 0 Å². The van der Waals surface area contributed by atoms with Crippen LogP contribution in [0.2, 0.25) is 0 Å². The minimum absolute atomic E-state index is 0.101. The molecule has 1 aliphatic rings. The van der Waals surface area contributed by atoms with Gasteiger partial charge < -0.3 is 9.64 Å². The van der Waals surface area contributed by atoms with Crippen LogP contribution < -0.4 is 4.74 Å². The molecular weight excluding hydrogens is 306 g/mol. The summed E-state index contributed by atoms with van der Waals surface area (Å²) in [7, 11) is 1.67. The first-order valence-electron chi connectivity index (χ1n) is 8.15. The lowest BCUT2D eigenvalue weighted by Crippen LogP contribution is -2.49. The van der Waals surface area contributed by atoms with Gasteiger partial charge in [0.15, 0.2) is 0 Å². The zero-order valence-corrected chi connectivity index (χ0v) is 14.1. The maximum absolute atomic E-state index is 12.5. The average Bonchev–Trinajstić information content (AvgIpc) is 3.16. The number of benzene rings is 1. The first-order chi connectivity index (χ1) is 11.7. The summed E-state index contributed by atoms with van der Waals surface area (Å²) in [5.74, 6) is 0.973. The van der Waals surface area contributed by atoms with Gasteiger partial charge >= 0.3 is 0 Å². The van der Waals surface area contributed by atoms with E-state index in [2.05, 4.69) is 27.1 Å². The molecule has 0 aliphatic carbocycles. The molecule has 3 rings (SSSR count). The van der Waals surface area contributed by atoms with Crippen LogP contribution in [0.25, 0.3) is 0 Å². The van der Waals surface area contributed by atoms with E-state index in [1.165, 1.54) is 11.9 Å². The Kier molecular flexibility index (Phi) is 5.10. The first kappa shape index (κ1) is 16.4. The zero-order valence-electron chi connectivity index (χ0n) is 14.1. The van der Waals surface area contributed by atoms with Crippen molar-refractivity contribution in [1.82, 2.24) is 24.6 Å². The van der Waals surface area contributed by atoms with Crippen LogP contribution in [-0.4, -0.2) is 63.8 Å². The van der Waals surface area contributed by atoms with E-state index in [1.54, 1.807) is 18.1 Å². The van der Waals surface area contributed by atoms with Crippen LogP contribution in [0.1, 0.15) is 18.5 Å². The molecule has 1 saturated heterocycles. The lowest BCUT2D eigenvalue weighted by Gasteiger charge is -2.35. The molecule has 128 valence electrons. The van der Waals surface area contributed by atoms with Gasteiger partial charge in [0.25, 0.3) is 0 Å². The molecule has 0 spiro atoms. The molecule has 1 aliphatic heterocycles. The van der Waals surface area contributed by atoms with Gasteiger partial charge in [0.1, 0.15) is 24.4 Å². The van der Waals surface area contributed by atoms with Crippen molar-refractivity contribution < 1.29 is 9.53 Å². The second-order valence-corrected chi connectivity index (χ2v) is 6.00. The molecule has 24 heavy (non-hydrogen) atoms. The molecule has 0 saturated carbocycles.